The Hall–Kier alpha value is -2.68. The summed E-state index contributed by atoms with van der Waals surface area (Å²) in [6.07, 6.45) is -1.94. The molecule has 0 aliphatic carbocycles. The average molecular weight is 338 g/mol. The molecule has 3 aromatic rings. The lowest BCUT2D eigenvalue weighted by atomic mass is 10.1. The number of H-pyrrole nitrogens is 1. The molecule has 9 heteroatoms. The van der Waals surface area contributed by atoms with E-state index in [1.165, 1.54) is 29.1 Å². The maximum atomic E-state index is 13.0. The first-order chi connectivity index (χ1) is 11.0. The van der Waals surface area contributed by atoms with Crippen molar-refractivity contribution in [3.05, 3.63) is 58.6 Å². The van der Waals surface area contributed by atoms with Crippen LogP contribution >= 0.6 is 12.2 Å². The van der Waals surface area contributed by atoms with Gasteiger partial charge in [-0.05, 0) is 30.4 Å². The molecule has 118 valence electrons. The lowest BCUT2D eigenvalue weighted by Crippen LogP contribution is -2.09. The zero-order valence-electron chi connectivity index (χ0n) is 11.4. The fraction of sp³-hybridized carbons (Fsp3) is 0.0714. The Morgan fingerprint density at radius 3 is 2.70 bits per heavy atom. The lowest BCUT2D eigenvalue weighted by molar-refractivity contribution is -0.137. The van der Waals surface area contributed by atoms with Crippen LogP contribution in [0.25, 0.3) is 11.6 Å². The number of alkyl halides is 3. The summed E-state index contributed by atoms with van der Waals surface area (Å²) < 4.78 is 45.5. The number of nitrogens with one attached hydrogen (secondary N) is 1. The van der Waals surface area contributed by atoms with Crippen molar-refractivity contribution in [2.75, 3.05) is 0 Å². The smallest absolute Gasteiger partial charge is 0.417 e. The highest BCUT2D eigenvalue weighted by atomic mass is 32.1. The van der Waals surface area contributed by atoms with Gasteiger partial charge in [0.1, 0.15) is 0 Å². The van der Waals surface area contributed by atoms with Crippen molar-refractivity contribution in [1.82, 2.24) is 14.9 Å². The topological polar surface area (TPSA) is 59.1 Å². The second-order valence-corrected chi connectivity index (χ2v) is 4.86. The first-order valence-electron chi connectivity index (χ1n) is 6.38. The first kappa shape index (κ1) is 15.2. The third-order valence-electron chi connectivity index (χ3n) is 2.97. The van der Waals surface area contributed by atoms with Gasteiger partial charge in [0.15, 0.2) is 5.76 Å². The van der Waals surface area contributed by atoms with Gasteiger partial charge in [-0.1, -0.05) is 18.2 Å². The SMILES string of the molecule is FC(F)(F)c1ccccc1C=Nn1c(-c2ccco2)n[nH]c1=S. The molecule has 0 aliphatic rings. The summed E-state index contributed by atoms with van der Waals surface area (Å²) in [5.74, 6) is 0.652. The highest BCUT2D eigenvalue weighted by Crippen LogP contribution is 2.31. The predicted molar refractivity (Wildman–Crippen MR) is 79.5 cm³/mol. The largest absolute Gasteiger partial charge is 0.461 e. The van der Waals surface area contributed by atoms with Crippen molar-refractivity contribution in [3.8, 4) is 11.6 Å². The Balaban J connectivity index is 2.03. The van der Waals surface area contributed by atoms with E-state index in [1.807, 2.05) is 0 Å². The number of furan rings is 1. The normalized spacial score (nSPS) is 12.1. The first-order valence-corrected chi connectivity index (χ1v) is 6.79. The Bertz CT molecular complexity index is 893. The Kier molecular flexibility index (Phi) is 3.87. The predicted octanol–water partition coefficient (Wildman–Crippen LogP) is 4.10. The summed E-state index contributed by atoms with van der Waals surface area (Å²) >= 11 is 5.04. The van der Waals surface area contributed by atoms with Gasteiger partial charge in [-0.15, -0.1) is 5.10 Å². The molecule has 0 aliphatic heterocycles. The van der Waals surface area contributed by atoms with Gasteiger partial charge in [0.05, 0.1) is 18.0 Å². The molecule has 0 amide bonds. The van der Waals surface area contributed by atoms with Gasteiger partial charge in [0, 0.05) is 5.56 Å². The summed E-state index contributed by atoms with van der Waals surface area (Å²) in [6, 6.07) is 8.42. The van der Waals surface area contributed by atoms with Crippen molar-refractivity contribution >= 4 is 18.4 Å². The Morgan fingerprint density at radius 2 is 2.00 bits per heavy atom. The minimum Gasteiger partial charge on any atom is -0.461 e. The zero-order valence-corrected chi connectivity index (χ0v) is 12.2. The van der Waals surface area contributed by atoms with E-state index >= 15 is 0 Å². The maximum absolute atomic E-state index is 13.0. The number of rotatable bonds is 3. The van der Waals surface area contributed by atoms with Crippen LogP contribution in [0.3, 0.4) is 0 Å². The zero-order chi connectivity index (χ0) is 16.4. The van der Waals surface area contributed by atoms with E-state index in [9.17, 15) is 13.2 Å². The van der Waals surface area contributed by atoms with Crippen molar-refractivity contribution in [2.24, 2.45) is 5.10 Å². The van der Waals surface area contributed by atoms with Crippen LogP contribution in [0, 0.1) is 4.77 Å². The molecule has 1 aromatic carbocycles. The summed E-state index contributed by atoms with van der Waals surface area (Å²) in [6.45, 7) is 0. The van der Waals surface area contributed by atoms with Crippen LogP contribution in [-0.4, -0.2) is 21.1 Å². The molecule has 3 rings (SSSR count). The molecule has 0 unspecified atom stereocenters. The van der Waals surface area contributed by atoms with E-state index in [0.29, 0.717) is 5.76 Å². The second-order valence-electron chi connectivity index (χ2n) is 4.47. The van der Waals surface area contributed by atoms with Crippen LogP contribution in [0.2, 0.25) is 0 Å². The lowest BCUT2D eigenvalue weighted by Gasteiger charge is -2.09. The number of benzene rings is 1. The monoisotopic (exact) mass is 338 g/mol. The molecule has 0 saturated carbocycles. The van der Waals surface area contributed by atoms with Gasteiger partial charge >= 0.3 is 6.18 Å². The average Bonchev–Trinajstić information content (AvgIpc) is 3.14. The fourth-order valence-electron chi connectivity index (χ4n) is 1.95. The van der Waals surface area contributed by atoms with Crippen molar-refractivity contribution in [1.29, 1.82) is 0 Å². The van der Waals surface area contributed by atoms with Crippen molar-refractivity contribution in [3.63, 3.8) is 0 Å². The van der Waals surface area contributed by atoms with Gasteiger partial charge in [0.2, 0.25) is 10.6 Å². The standard InChI is InChI=1S/C14H9F3N4OS/c15-14(16,17)10-5-2-1-4-9(10)8-18-21-12(19-20-13(21)23)11-6-3-7-22-11/h1-8H,(H,20,23). The third kappa shape index (κ3) is 3.09. The van der Waals surface area contributed by atoms with E-state index in [-0.39, 0.29) is 16.2 Å². The van der Waals surface area contributed by atoms with Gasteiger partial charge in [-0.25, -0.2) is 5.10 Å². The molecule has 0 bridgehead atoms. The van der Waals surface area contributed by atoms with Crippen LogP contribution < -0.4 is 0 Å². The molecule has 1 N–H and O–H groups in total. The Morgan fingerprint density at radius 1 is 1.22 bits per heavy atom. The number of aromatic amines is 1. The molecular weight excluding hydrogens is 329 g/mol. The van der Waals surface area contributed by atoms with E-state index in [1.54, 1.807) is 12.1 Å². The molecule has 2 aromatic heterocycles. The van der Waals surface area contributed by atoms with Gasteiger partial charge in [0.25, 0.3) is 0 Å². The minimum atomic E-state index is -4.47. The Labute approximate surface area is 133 Å². The molecule has 0 spiro atoms. The van der Waals surface area contributed by atoms with Crippen LogP contribution in [0.4, 0.5) is 13.2 Å². The van der Waals surface area contributed by atoms with E-state index in [2.05, 4.69) is 15.3 Å². The van der Waals surface area contributed by atoms with E-state index in [4.69, 9.17) is 16.6 Å². The molecular formula is C14H9F3N4OS. The third-order valence-corrected chi connectivity index (χ3v) is 3.23. The number of aromatic nitrogens is 3. The summed E-state index contributed by atoms with van der Waals surface area (Å²) in [4.78, 5) is 0. The summed E-state index contributed by atoms with van der Waals surface area (Å²) in [5.41, 5.74) is -0.855. The summed E-state index contributed by atoms with van der Waals surface area (Å²) in [5, 5.41) is 10.5. The van der Waals surface area contributed by atoms with Gasteiger partial charge in [-0.2, -0.15) is 22.9 Å². The van der Waals surface area contributed by atoms with Gasteiger partial charge < -0.3 is 4.42 Å². The fourth-order valence-corrected chi connectivity index (χ4v) is 2.13. The second kappa shape index (κ2) is 5.84. The molecule has 2 heterocycles. The molecule has 23 heavy (non-hydrogen) atoms. The molecule has 5 nitrogen and oxygen atoms in total. The number of hydrogen-bond donors (Lipinski definition) is 1. The van der Waals surface area contributed by atoms with Crippen LogP contribution in [0.15, 0.2) is 52.2 Å². The van der Waals surface area contributed by atoms with Crippen molar-refractivity contribution in [2.45, 2.75) is 6.18 Å². The van der Waals surface area contributed by atoms with Crippen LogP contribution in [0.1, 0.15) is 11.1 Å². The number of nitrogens with zero attached hydrogens (tertiary/aromatic N) is 3. The van der Waals surface area contributed by atoms with Crippen molar-refractivity contribution < 1.29 is 17.6 Å². The molecule has 0 atom stereocenters. The van der Waals surface area contributed by atoms with Crippen LogP contribution in [0.5, 0.6) is 0 Å². The maximum Gasteiger partial charge on any atom is 0.417 e. The molecule has 0 fully saturated rings. The minimum absolute atomic E-state index is 0.0755. The number of hydrogen-bond acceptors (Lipinski definition) is 4. The molecule has 0 saturated heterocycles. The van der Waals surface area contributed by atoms with Gasteiger partial charge in [-0.3, -0.25) is 0 Å². The number of halogens is 3. The van der Waals surface area contributed by atoms with Crippen LogP contribution in [-0.2, 0) is 6.18 Å². The van der Waals surface area contributed by atoms with E-state index < -0.39 is 11.7 Å². The summed E-state index contributed by atoms with van der Waals surface area (Å²) in [7, 11) is 0. The highest BCUT2D eigenvalue weighted by molar-refractivity contribution is 7.71. The highest BCUT2D eigenvalue weighted by Gasteiger charge is 2.32. The quantitative estimate of drug-likeness (QED) is 0.578. The molecule has 0 radical (unpaired) electrons. The van der Waals surface area contributed by atoms with E-state index in [0.717, 1.165) is 12.3 Å².